The smallest absolute Gasteiger partial charge is 0.291 e. The maximum Gasteiger partial charge on any atom is 0.291 e. The number of nitrogens with zero attached hydrogens (tertiary/aromatic N) is 4. The molecular weight excluding hydrogens is 314 g/mol. The third-order valence-electron chi connectivity index (χ3n) is 3.00. The average Bonchev–Trinajstić information content (AvgIpc) is 2.95. The molecule has 100 valence electrons. The molecule has 0 spiro atoms. The van der Waals surface area contributed by atoms with Gasteiger partial charge in [0.25, 0.3) is 11.7 Å². The zero-order valence-corrected chi connectivity index (χ0v) is 11.8. The van der Waals surface area contributed by atoms with E-state index in [4.69, 9.17) is 4.74 Å². The minimum atomic E-state index is -0.345. The Kier molecular flexibility index (Phi) is 2.98. The van der Waals surface area contributed by atoms with Crippen molar-refractivity contribution in [2.24, 2.45) is 0 Å². The van der Waals surface area contributed by atoms with E-state index in [0.717, 1.165) is 10.9 Å². The van der Waals surface area contributed by atoms with Crippen LogP contribution in [0, 0.1) is 0 Å². The van der Waals surface area contributed by atoms with Crippen LogP contribution in [0.2, 0.25) is 0 Å². The van der Waals surface area contributed by atoms with Crippen molar-refractivity contribution in [3.05, 3.63) is 22.7 Å². The largest absolute Gasteiger partial charge is 0.379 e. The Bertz CT molecular complexity index is 635. The second kappa shape index (κ2) is 4.53. The molecule has 0 saturated carbocycles. The zero-order valence-electron chi connectivity index (χ0n) is 10.3. The number of aromatic nitrogens is 4. The molecule has 1 N–H and O–H groups in total. The molecule has 3 heterocycles. The Morgan fingerprint density at radius 3 is 3.21 bits per heavy atom. The van der Waals surface area contributed by atoms with E-state index >= 15 is 0 Å². The average molecular weight is 326 g/mol. The Hall–Kier alpha value is -1.54. The molecule has 2 aromatic rings. The van der Waals surface area contributed by atoms with Gasteiger partial charge in [0.05, 0.1) is 16.6 Å². The van der Waals surface area contributed by atoms with Crippen molar-refractivity contribution in [3.8, 4) is 0 Å². The van der Waals surface area contributed by atoms with E-state index in [1.807, 2.05) is 6.92 Å². The highest BCUT2D eigenvalue weighted by Crippen LogP contribution is 2.18. The Balaban J connectivity index is 1.85. The molecule has 1 atom stereocenters. The summed E-state index contributed by atoms with van der Waals surface area (Å²) in [5.41, 5.74) is -0.345. The van der Waals surface area contributed by atoms with Crippen molar-refractivity contribution >= 4 is 27.6 Å². The quantitative estimate of drug-likeness (QED) is 0.883. The SMILES string of the molecule is C[C@]1(NC(=O)c2nc3ncc(Br)cn3n2)CCOC1. The number of fused-ring (bicyclic) bond motifs is 1. The predicted octanol–water partition coefficient (Wildman–Crippen LogP) is 0.796. The molecule has 0 aliphatic carbocycles. The predicted molar refractivity (Wildman–Crippen MR) is 69.8 cm³/mol. The van der Waals surface area contributed by atoms with Gasteiger partial charge in [-0.05, 0) is 29.3 Å². The first-order valence-electron chi connectivity index (χ1n) is 5.84. The van der Waals surface area contributed by atoms with E-state index in [1.165, 1.54) is 4.52 Å². The van der Waals surface area contributed by atoms with Crippen LogP contribution in [-0.4, -0.2) is 44.2 Å². The van der Waals surface area contributed by atoms with E-state index in [2.05, 4.69) is 36.3 Å². The fourth-order valence-electron chi connectivity index (χ4n) is 1.95. The summed E-state index contributed by atoms with van der Waals surface area (Å²) in [6, 6.07) is 0. The molecule has 2 aromatic heterocycles. The molecule has 8 heteroatoms. The molecule has 7 nitrogen and oxygen atoms in total. The maximum absolute atomic E-state index is 12.1. The number of ether oxygens (including phenoxy) is 1. The van der Waals surface area contributed by atoms with Gasteiger partial charge in [0.2, 0.25) is 5.82 Å². The normalized spacial score (nSPS) is 22.8. The highest BCUT2D eigenvalue weighted by molar-refractivity contribution is 9.10. The van der Waals surface area contributed by atoms with Gasteiger partial charge in [0.15, 0.2) is 0 Å². The number of amides is 1. The van der Waals surface area contributed by atoms with Gasteiger partial charge in [-0.25, -0.2) is 9.50 Å². The van der Waals surface area contributed by atoms with Crippen molar-refractivity contribution < 1.29 is 9.53 Å². The van der Waals surface area contributed by atoms with Crippen LogP contribution >= 0.6 is 15.9 Å². The topological polar surface area (TPSA) is 81.4 Å². The molecule has 0 bridgehead atoms. The molecule has 1 aliphatic heterocycles. The molecule has 1 amide bonds. The molecule has 1 fully saturated rings. The van der Waals surface area contributed by atoms with Gasteiger partial charge in [0, 0.05) is 19.0 Å². The summed E-state index contributed by atoms with van der Waals surface area (Å²) in [5.74, 6) is 0.189. The van der Waals surface area contributed by atoms with Crippen molar-refractivity contribution in [1.29, 1.82) is 0 Å². The minimum absolute atomic E-state index is 0.110. The highest BCUT2D eigenvalue weighted by atomic mass is 79.9. The summed E-state index contributed by atoms with van der Waals surface area (Å²) >= 11 is 3.29. The second-order valence-electron chi connectivity index (χ2n) is 4.77. The number of hydrogen-bond donors (Lipinski definition) is 1. The highest BCUT2D eigenvalue weighted by Gasteiger charge is 2.32. The summed E-state index contributed by atoms with van der Waals surface area (Å²) < 4.78 is 7.53. The van der Waals surface area contributed by atoms with Crippen molar-refractivity contribution in [3.63, 3.8) is 0 Å². The summed E-state index contributed by atoms with van der Waals surface area (Å²) in [6.07, 6.45) is 4.10. The van der Waals surface area contributed by atoms with Crippen LogP contribution in [0.3, 0.4) is 0 Å². The zero-order chi connectivity index (χ0) is 13.5. The molecule has 19 heavy (non-hydrogen) atoms. The van der Waals surface area contributed by atoms with Crippen LogP contribution in [0.1, 0.15) is 24.0 Å². The number of carbonyl (C=O) groups excluding carboxylic acids is 1. The van der Waals surface area contributed by atoms with Crippen molar-refractivity contribution in [2.75, 3.05) is 13.2 Å². The van der Waals surface area contributed by atoms with Crippen molar-refractivity contribution in [2.45, 2.75) is 18.9 Å². The van der Waals surface area contributed by atoms with Gasteiger partial charge in [-0.2, -0.15) is 4.98 Å². The monoisotopic (exact) mass is 325 g/mol. The van der Waals surface area contributed by atoms with E-state index in [-0.39, 0.29) is 17.3 Å². The lowest BCUT2D eigenvalue weighted by molar-refractivity contribution is 0.0879. The lowest BCUT2D eigenvalue weighted by Crippen LogP contribution is -2.46. The van der Waals surface area contributed by atoms with Crippen LogP contribution in [-0.2, 0) is 4.74 Å². The number of carbonyl (C=O) groups is 1. The second-order valence-corrected chi connectivity index (χ2v) is 5.69. The Morgan fingerprint density at radius 2 is 2.47 bits per heavy atom. The summed E-state index contributed by atoms with van der Waals surface area (Å²) in [7, 11) is 0. The first-order chi connectivity index (χ1) is 9.06. The Morgan fingerprint density at radius 1 is 1.63 bits per heavy atom. The number of rotatable bonds is 2. The third kappa shape index (κ3) is 2.45. The van der Waals surface area contributed by atoms with Gasteiger partial charge in [-0.3, -0.25) is 4.79 Å². The fourth-order valence-corrected chi connectivity index (χ4v) is 2.25. The molecule has 0 aromatic carbocycles. The minimum Gasteiger partial charge on any atom is -0.379 e. The summed E-state index contributed by atoms with van der Waals surface area (Å²) in [5, 5.41) is 7.01. The van der Waals surface area contributed by atoms with E-state index in [0.29, 0.717) is 19.0 Å². The van der Waals surface area contributed by atoms with Crippen LogP contribution < -0.4 is 5.32 Å². The summed E-state index contributed by atoms with van der Waals surface area (Å²) in [6.45, 7) is 3.11. The van der Waals surface area contributed by atoms with Gasteiger partial charge in [0.1, 0.15) is 0 Å². The molecule has 0 unspecified atom stereocenters. The van der Waals surface area contributed by atoms with Gasteiger partial charge in [-0.15, -0.1) is 5.10 Å². The standard InChI is InChI=1S/C11H12BrN5O2/c1-11(2-3-19-6-11)15-9(18)8-14-10-13-4-7(12)5-17(10)16-8/h4-5H,2-3,6H2,1H3,(H,15,18)/t11-/m0/s1. The Labute approximate surface area is 117 Å². The molecule has 3 rings (SSSR count). The lowest BCUT2D eigenvalue weighted by atomic mass is 10.0. The molecular formula is C11H12BrN5O2. The number of halogens is 1. The molecule has 1 aliphatic rings. The van der Waals surface area contributed by atoms with Crippen LogP contribution in [0.5, 0.6) is 0 Å². The lowest BCUT2D eigenvalue weighted by Gasteiger charge is -2.22. The van der Waals surface area contributed by atoms with Gasteiger partial charge >= 0.3 is 0 Å². The van der Waals surface area contributed by atoms with E-state index in [1.54, 1.807) is 12.4 Å². The number of hydrogen-bond acceptors (Lipinski definition) is 5. The fraction of sp³-hybridized carbons (Fsp3) is 0.455. The van der Waals surface area contributed by atoms with E-state index < -0.39 is 0 Å². The van der Waals surface area contributed by atoms with Crippen LogP contribution in [0.4, 0.5) is 0 Å². The molecule has 1 saturated heterocycles. The first-order valence-corrected chi connectivity index (χ1v) is 6.63. The molecule has 0 radical (unpaired) electrons. The van der Waals surface area contributed by atoms with Gasteiger partial charge in [-0.1, -0.05) is 0 Å². The number of nitrogens with one attached hydrogen (secondary N) is 1. The van der Waals surface area contributed by atoms with Crippen LogP contribution in [0.25, 0.3) is 5.78 Å². The van der Waals surface area contributed by atoms with Gasteiger partial charge < -0.3 is 10.1 Å². The van der Waals surface area contributed by atoms with Crippen molar-refractivity contribution in [1.82, 2.24) is 24.9 Å². The third-order valence-corrected chi connectivity index (χ3v) is 3.41. The van der Waals surface area contributed by atoms with E-state index in [9.17, 15) is 4.79 Å². The maximum atomic E-state index is 12.1. The van der Waals surface area contributed by atoms with Crippen LogP contribution in [0.15, 0.2) is 16.9 Å². The first kappa shape index (κ1) is 12.5. The summed E-state index contributed by atoms with van der Waals surface area (Å²) in [4.78, 5) is 20.3.